The molecule has 2 heterocycles. The summed E-state index contributed by atoms with van der Waals surface area (Å²) in [7, 11) is 0. The number of ether oxygens (including phenoxy) is 2. The highest BCUT2D eigenvalue weighted by molar-refractivity contribution is 5.63. The molecule has 4 aromatic rings. The van der Waals surface area contributed by atoms with Crippen LogP contribution in [0.5, 0.6) is 51.7 Å². The molecule has 0 saturated carbocycles. The summed E-state index contributed by atoms with van der Waals surface area (Å²) in [5, 5.41) is 82.6. The number of benzene rings is 4. The molecule has 4 aromatic carbocycles. The van der Waals surface area contributed by atoms with Crippen molar-refractivity contribution in [1.29, 1.82) is 0 Å². The smallest absolute Gasteiger partial charge is 0.200 e. The second-order valence-corrected chi connectivity index (χ2v) is 10.1. The predicted molar refractivity (Wildman–Crippen MR) is 140 cm³/mol. The number of phenolic OH excluding ortho intramolecular Hbond substituents is 7. The van der Waals surface area contributed by atoms with E-state index in [0.29, 0.717) is 23.3 Å². The van der Waals surface area contributed by atoms with Crippen LogP contribution in [0.1, 0.15) is 52.4 Å². The third-order valence-corrected chi connectivity index (χ3v) is 7.51. The lowest BCUT2D eigenvalue weighted by atomic mass is 9.79. The second kappa shape index (κ2) is 9.35. The van der Waals surface area contributed by atoms with E-state index in [9.17, 15) is 40.9 Å². The van der Waals surface area contributed by atoms with Crippen molar-refractivity contribution in [2.75, 3.05) is 0 Å². The Labute approximate surface area is 227 Å². The molecule has 0 aliphatic carbocycles. The fourth-order valence-electron chi connectivity index (χ4n) is 5.58. The van der Waals surface area contributed by atoms with Crippen LogP contribution in [-0.2, 0) is 6.42 Å². The van der Waals surface area contributed by atoms with Gasteiger partial charge >= 0.3 is 0 Å². The Morgan fingerprint density at radius 3 is 2.02 bits per heavy atom. The number of aromatic hydroxyl groups is 7. The van der Waals surface area contributed by atoms with Gasteiger partial charge in [0.2, 0.25) is 0 Å². The number of hydrogen-bond donors (Lipinski definition) is 8. The summed E-state index contributed by atoms with van der Waals surface area (Å²) in [6, 6.07) is 14.6. The second-order valence-electron chi connectivity index (χ2n) is 10.1. The Hall–Kier alpha value is -4.96. The van der Waals surface area contributed by atoms with E-state index in [4.69, 9.17) is 9.47 Å². The van der Waals surface area contributed by atoms with Crippen molar-refractivity contribution >= 4 is 0 Å². The monoisotopic (exact) mass is 546 g/mol. The van der Waals surface area contributed by atoms with Crippen LogP contribution in [0.2, 0.25) is 0 Å². The molecule has 10 nitrogen and oxygen atoms in total. The number of phenols is 7. The van der Waals surface area contributed by atoms with Gasteiger partial charge in [-0.3, -0.25) is 0 Å². The lowest BCUT2D eigenvalue weighted by Gasteiger charge is -2.37. The molecule has 10 heteroatoms. The van der Waals surface area contributed by atoms with Crippen LogP contribution in [0.4, 0.5) is 0 Å². The largest absolute Gasteiger partial charge is 0.508 e. The van der Waals surface area contributed by atoms with Crippen molar-refractivity contribution < 1.29 is 50.3 Å². The SMILES string of the molecule is Oc1ccc([C@@H]2C[C@@H](c3c(O)cc(O)c4c3O[C@H](c3cc(O)c(O)c(O)c3)[C@H](O)C4)c3ccc(O)cc3O2)cc1. The Bertz CT molecular complexity index is 1590. The zero-order valence-electron chi connectivity index (χ0n) is 20.9. The molecule has 8 N–H and O–H groups in total. The maximum atomic E-state index is 11.2. The summed E-state index contributed by atoms with van der Waals surface area (Å²) in [5.41, 5.74) is 2.13. The first-order valence-electron chi connectivity index (χ1n) is 12.6. The van der Waals surface area contributed by atoms with Gasteiger partial charge in [-0.25, -0.2) is 0 Å². The highest BCUT2D eigenvalue weighted by Gasteiger charge is 2.40. The van der Waals surface area contributed by atoms with Crippen molar-refractivity contribution in [3.05, 3.63) is 88.5 Å². The van der Waals surface area contributed by atoms with E-state index < -0.39 is 41.5 Å². The minimum atomic E-state index is -1.21. The minimum absolute atomic E-state index is 0.0211. The molecule has 0 radical (unpaired) electrons. The number of aliphatic hydroxyl groups excluding tert-OH is 1. The molecule has 0 amide bonds. The molecule has 2 aliphatic rings. The van der Waals surface area contributed by atoms with Gasteiger partial charge in [-0.15, -0.1) is 0 Å². The lowest BCUT2D eigenvalue weighted by Crippen LogP contribution is -2.31. The van der Waals surface area contributed by atoms with Gasteiger partial charge < -0.3 is 50.3 Å². The zero-order chi connectivity index (χ0) is 28.3. The van der Waals surface area contributed by atoms with Gasteiger partial charge in [-0.1, -0.05) is 18.2 Å². The van der Waals surface area contributed by atoms with Gasteiger partial charge in [-0.05, 0) is 42.3 Å². The quantitative estimate of drug-likeness (QED) is 0.172. The summed E-state index contributed by atoms with van der Waals surface area (Å²) in [6.07, 6.45) is -2.64. The first-order chi connectivity index (χ1) is 19.1. The van der Waals surface area contributed by atoms with Gasteiger partial charge in [0.25, 0.3) is 0 Å². The molecule has 0 unspecified atom stereocenters. The van der Waals surface area contributed by atoms with E-state index in [1.807, 2.05) is 0 Å². The van der Waals surface area contributed by atoms with Crippen LogP contribution < -0.4 is 9.47 Å². The highest BCUT2D eigenvalue weighted by atomic mass is 16.5. The van der Waals surface area contributed by atoms with Gasteiger partial charge in [0.1, 0.15) is 40.6 Å². The van der Waals surface area contributed by atoms with Crippen molar-refractivity contribution in [2.24, 2.45) is 0 Å². The van der Waals surface area contributed by atoms with E-state index in [-0.39, 0.29) is 46.3 Å². The zero-order valence-corrected chi connectivity index (χ0v) is 20.9. The summed E-state index contributed by atoms with van der Waals surface area (Å²) >= 11 is 0. The summed E-state index contributed by atoms with van der Waals surface area (Å²) in [6.45, 7) is 0. The maximum Gasteiger partial charge on any atom is 0.200 e. The van der Waals surface area contributed by atoms with Crippen LogP contribution in [0.3, 0.4) is 0 Å². The van der Waals surface area contributed by atoms with Crippen molar-refractivity contribution in [3.63, 3.8) is 0 Å². The van der Waals surface area contributed by atoms with Gasteiger partial charge in [0.15, 0.2) is 23.4 Å². The highest BCUT2D eigenvalue weighted by Crippen LogP contribution is 2.55. The Balaban J connectivity index is 1.49. The van der Waals surface area contributed by atoms with Gasteiger partial charge in [0, 0.05) is 46.7 Å². The number of rotatable bonds is 3. The van der Waals surface area contributed by atoms with E-state index >= 15 is 0 Å². The van der Waals surface area contributed by atoms with Crippen molar-refractivity contribution in [3.8, 4) is 51.7 Å². The van der Waals surface area contributed by atoms with Gasteiger partial charge in [0.05, 0.1) is 6.10 Å². The molecule has 206 valence electrons. The first-order valence-corrected chi connectivity index (χ1v) is 12.6. The fraction of sp³-hybridized carbons (Fsp3) is 0.200. The van der Waals surface area contributed by atoms with E-state index in [1.165, 1.54) is 30.3 Å². The summed E-state index contributed by atoms with van der Waals surface area (Å²) in [4.78, 5) is 0. The predicted octanol–water partition coefficient (Wildman–Crippen LogP) is 4.32. The van der Waals surface area contributed by atoms with Crippen LogP contribution in [0, 0.1) is 0 Å². The fourth-order valence-corrected chi connectivity index (χ4v) is 5.58. The van der Waals surface area contributed by atoms with Crippen LogP contribution in [-0.4, -0.2) is 47.0 Å². The molecule has 0 spiro atoms. The molecule has 6 rings (SSSR count). The molecular formula is C30H26O10. The molecule has 0 aromatic heterocycles. The van der Waals surface area contributed by atoms with Crippen LogP contribution in [0.15, 0.2) is 60.7 Å². The topological polar surface area (TPSA) is 180 Å². The Morgan fingerprint density at radius 1 is 0.650 bits per heavy atom. The summed E-state index contributed by atoms with van der Waals surface area (Å²) in [5.74, 6) is -2.47. The van der Waals surface area contributed by atoms with Crippen molar-refractivity contribution in [2.45, 2.75) is 37.1 Å². The average molecular weight is 547 g/mol. The Kier molecular flexibility index (Phi) is 5.92. The van der Waals surface area contributed by atoms with E-state index in [2.05, 4.69) is 0 Å². The van der Waals surface area contributed by atoms with Crippen LogP contribution >= 0.6 is 0 Å². The number of fused-ring (bicyclic) bond motifs is 2. The minimum Gasteiger partial charge on any atom is -0.508 e. The first kappa shape index (κ1) is 25.3. The maximum absolute atomic E-state index is 11.2. The van der Waals surface area contributed by atoms with Gasteiger partial charge in [-0.2, -0.15) is 0 Å². The molecule has 40 heavy (non-hydrogen) atoms. The number of aliphatic hydroxyl groups is 1. The van der Waals surface area contributed by atoms with Crippen LogP contribution in [0.25, 0.3) is 0 Å². The average Bonchev–Trinajstić information content (AvgIpc) is 2.91. The molecule has 4 atom stereocenters. The molecule has 0 bridgehead atoms. The molecule has 0 fully saturated rings. The normalized spacial score (nSPS) is 21.5. The molecular weight excluding hydrogens is 520 g/mol. The number of hydrogen-bond acceptors (Lipinski definition) is 10. The van der Waals surface area contributed by atoms with E-state index in [0.717, 1.165) is 17.7 Å². The standard InChI is InChI=1S/C30H26O10/c31-15-3-1-13(2-4-15)25-11-18(17-6-5-16(32)9-26(17)39-25)27-21(34)12-20(33)19-10-24(37)29(40-30(19)27)14-7-22(35)28(38)23(36)8-14/h1-9,12,18,24-25,29,31-38H,10-11H2/t18-,24-,25+,29-/m1/s1. The third-order valence-electron chi connectivity index (χ3n) is 7.51. The molecule has 0 saturated heterocycles. The lowest BCUT2D eigenvalue weighted by molar-refractivity contribution is 0.0183. The van der Waals surface area contributed by atoms with Crippen molar-refractivity contribution in [1.82, 2.24) is 0 Å². The Morgan fingerprint density at radius 2 is 1.32 bits per heavy atom. The molecule has 2 aliphatic heterocycles. The third kappa shape index (κ3) is 4.18. The summed E-state index contributed by atoms with van der Waals surface area (Å²) < 4.78 is 12.4. The van der Waals surface area contributed by atoms with E-state index in [1.54, 1.807) is 18.2 Å².